The second-order valence-electron chi connectivity index (χ2n) is 10.7. The number of anilines is 1. The first-order valence-electron chi connectivity index (χ1n) is 13.5. The zero-order valence-electron chi connectivity index (χ0n) is 21.1. The van der Waals surface area contributed by atoms with Crippen LogP contribution in [0.1, 0.15) is 36.8 Å². The van der Waals surface area contributed by atoms with Crippen LogP contribution in [0.25, 0.3) is 28.3 Å². The van der Waals surface area contributed by atoms with Gasteiger partial charge in [-0.05, 0) is 85.8 Å². The van der Waals surface area contributed by atoms with Gasteiger partial charge in [-0.3, -0.25) is 4.57 Å². The Morgan fingerprint density at radius 1 is 0.946 bits per heavy atom. The summed E-state index contributed by atoms with van der Waals surface area (Å²) in [4.78, 5) is 5.26. The van der Waals surface area contributed by atoms with Gasteiger partial charge in [0.25, 0.3) is 0 Å². The van der Waals surface area contributed by atoms with E-state index in [1.165, 1.54) is 56.6 Å². The van der Waals surface area contributed by atoms with Crippen LogP contribution < -0.4 is 4.90 Å². The summed E-state index contributed by atoms with van der Waals surface area (Å²) in [6, 6.07) is 19.0. The second-order valence-corrected chi connectivity index (χ2v) is 10.7. The molecule has 0 bridgehead atoms. The maximum Gasteiger partial charge on any atom is 0.185 e. The summed E-state index contributed by atoms with van der Waals surface area (Å²) < 4.78 is 4.40. The lowest BCUT2D eigenvalue weighted by molar-refractivity contribution is 0.201. The zero-order valence-corrected chi connectivity index (χ0v) is 21.1. The standard InChI is InChI=1S/C30H31N7/c31-16-22-4-6-24(7-5-22)25-15-29-30-33-32-21-37(30)28-9-8-27(14-26(28)20-36(29)19-25)35-13-10-23(18-35)17-34-11-2-1-3-12-34/h4-9,14-15,19,21,23H,1-3,10-13,17-18,20H2. The molecule has 2 aromatic carbocycles. The van der Waals surface area contributed by atoms with E-state index in [-0.39, 0.29) is 0 Å². The molecule has 0 spiro atoms. The molecule has 4 aromatic rings. The quantitative estimate of drug-likeness (QED) is 0.357. The summed E-state index contributed by atoms with van der Waals surface area (Å²) in [5, 5.41) is 17.9. The number of rotatable bonds is 4. The fraction of sp³-hybridized carbons (Fsp3) is 0.367. The van der Waals surface area contributed by atoms with Crippen LogP contribution in [0.3, 0.4) is 0 Å². The number of piperidine rings is 1. The van der Waals surface area contributed by atoms with E-state index in [0.717, 1.165) is 53.9 Å². The van der Waals surface area contributed by atoms with Crippen LogP contribution in [-0.4, -0.2) is 57.0 Å². The molecular formula is C30H31N7. The minimum absolute atomic E-state index is 0.672. The highest BCUT2D eigenvalue weighted by Crippen LogP contribution is 2.36. The van der Waals surface area contributed by atoms with Gasteiger partial charge < -0.3 is 14.4 Å². The summed E-state index contributed by atoms with van der Waals surface area (Å²) in [6.07, 6.45) is 9.42. The van der Waals surface area contributed by atoms with Gasteiger partial charge >= 0.3 is 0 Å². The van der Waals surface area contributed by atoms with Crippen molar-refractivity contribution in [3.8, 4) is 34.4 Å². The summed E-state index contributed by atoms with van der Waals surface area (Å²) >= 11 is 0. The van der Waals surface area contributed by atoms with Crippen molar-refractivity contribution >= 4 is 5.69 Å². The molecule has 0 N–H and O–H groups in total. The Morgan fingerprint density at radius 3 is 2.65 bits per heavy atom. The van der Waals surface area contributed by atoms with E-state index in [1.54, 1.807) is 0 Å². The van der Waals surface area contributed by atoms with Crippen molar-refractivity contribution in [2.24, 2.45) is 5.92 Å². The number of fused-ring (bicyclic) bond motifs is 5. The summed E-state index contributed by atoms with van der Waals surface area (Å²) in [5.74, 6) is 1.61. The first-order valence-corrected chi connectivity index (χ1v) is 13.5. The molecule has 7 rings (SSSR count). The lowest BCUT2D eigenvalue weighted by Gasteiger charge is -2.29. The molecule has 186 valence electrons. The third-order valence-corrected chi connectivity index (χ3v) is 8.30. The van der Waals surface area contributed by atoms with Gasteiger partial charge in [0.1, 0.15) is 6.33 Å². The van der Waals surface area contributed by atoms with Crippen LogP contribution in [0.4, 0.5) is 5.69 Å². The second kappa shape index (κ2) is 9.20. The molecule has 0 aliphatic carbocycles. The van der Waals surface area contributed by atoms with Crippen molar-refractivity contribution in [2.75, 3.05) is 37.6 Å². The number of nitriles is 1. The Balaban J connectivity index is 1.17. The van der Waals surface area contributed by atoms with Gasteiger partial charge in [0, 0.05) is 43.6 Å². The Morgan fingerprint density at radius 2 is 1.81 bits per heavy atom. The van der Waals surface area contributed by atoms with E-state index in [0.29, 0.717) is 5.56 Å². The highest BCUT2D eigenvalue weighted by molar-refractivity contribution is 5.72. The van der Waals surface area contributed by atoms with Gasteiger partial charge in [-0.1, -0.05) is 18.6 Å². The van der Waals surface area contributed by atoms with Crippen molar-refractivity contribution in [1.82, 2.24) is 24.2 Å². The minimum atomic E-state index is 0.672. The lowest BCUT2D eigenvalue weighted by atomic mass is 10.1. The maximum absolute atomic E-state index is 9.15. The largest absolute Gasteiger partial charge is 0.371 e. The smallest absolute Gasteiger partial charge is 0.185 e. The van der Waals surface area contributed by atoms with Crippen molar-refractivity contribution in [2.45, 2.75) is 32.2 Å². The van der Waals surface area contributed by atoms with Gasteiger partial charge in [0.2, 0.25) is 0 Å². The zero-order chi connectivity index (χ0) is 24.8. The molecule has 7 nitrogen and oxygen atoms in total. The van der Waals surface area contributed by atoms with Crippen LogP contribution in [-0.2, 0) is 6.54 Å². The van der Waals surface area contributed by atoms with Crippen molar-refractivity contribution < 1.29 is 0 Å². The molecule has 7 heteroatoms. The number of hydrogen-bond acceptors (Lipinski definition) is 5. The molecule has 37 heavy (non-hydrogen) atoms. The molecule has 2 aromatic heterocycles. The van der Waals surface area contributed by atoms with Crippen LogP contribution in [0.5, 0.6) is 0 Å². The number of aromatic nitrogens is 4. The summed E-state index contributed by atoms with van der Waals surface area (Å²) in [5.41, 5.74) is 7.68. The molecule has 1 atom stereocenters. The summed E-state index contributed by atoms with van der Waals surface area (Å²) in [7, 11) is 0. The van der Waals surface area contributed by atoms with Crippen LogP contribution in [0, 0.1) is 17.2 Å². The molecule has 0 radical (unpaired) electrons. The average Bonchev–Trinajstić information content (AvgIpc) is 3.68. The predicted octanol–water partition coefficient (Wildman–Crippen LogP) is 4.95. The molecule has 3 aliphatic heterocycles. The van der Waals surface area contributed by atoms with Gasteiger partial charge in [0.15, 0.2) is 5.82 Å². The van der Waals surface area contributed by atoms with Gasteiger partial charge in [-0.2, -0.15) is 5.26 Å². The van der Waals surface area contributed by atoms with Gasteiger partial charge in [0.05, 0.1) is 23.0 Å². The van der Waals surface area contributed by atoms with E-state index in [4.69, 9.17) is 5.26 Å². The van der Waals surface area contributed by atoms with E-state index in [1.807, 2.05) is 30.6 Å². The number of nitrogens with zero attached hydrogens (tertiary/aromatic N) is 7. The average molecular weight is 490 g/mol. The van der Waals surface area contributed by atoms with Gasteiger partial charge in [-0.25, -0.2) is 0 Å². The number of likely N-dealkylation sites (tertiary alicyclic amines) is 1. The van der Waals surface area contributed by atoms with Crippen LogP contribution in [0.15, 0.2) is 61.1 Å². The number of hydrogen-bond donors (Lipinski definition) is 0. The molecular weight excluding hydrogens is 458 g/mol. The minimum Gasteiger partial charge on any atom is -0.371 e. The Labute approximate surface area is 217 Å². The molecule has 2 fully saturated rings. The summed E-state index contributed by atoms with van der Waals surface area (Å²) in [6.45, 7) is 6.86. The van der Waals surface area contributed by atoms with Gasteiger partial charge in [-0.15, -0.1) is 10.2 Å². The van der Waals surface area contributed by atoms with Crippen molar-refractivity contribution in [3.05, 3.63) is 72.2 Å². The predicted molar refractivity (Wildman–Crippen MR) is 145 cm³/mol. The fourth-order valence-corrected chi connectivity index (χ4v) is 6.35. The third kappa shape index (κ3) is 4.11. The molecule has 1 unspecified atom stereocenters. The molecule has 0 amide bonds. The fourth-order valence-electron chi connectivity index (χ4n) is 6.35. The molecule has 0 saturated carbocycles. The molecule has 2 saturated heterocycles. The van der Waals surface area contributed by atoms with E-state index < -0.39 is 0 Å². The van der Waals surface area contributed by atoms with E-state index in [9.17, 15) is 0 Å². The van der Waals surface area contributed by atoms with Crippen LogP contribution in [0.2, 0.25) is 0 Å². The monoisotopic (exact) mass is 489 g/mol. The lowest BCUT2D eigenvalue weighted by Crippen LogP contribution is -2.35. The highest BCUT2D eigenvalue weighted by atomic mass is 15.3. The van der Waals surface area contributed by atoms with E-state index >= 15 is 0 Å². The normalized spacial score (nSPS) is 19.1. The maximum atomic E-state index is 9.15. The van der Waals surface area contributed by atoms with Crippen molar-refractivity contribution in [1.29, 1.82) is 5.26 Å². The van der Waals surface area contributed by atoms with Crippen LogP contribution >= 0.6 is 0 Å². The van der Waals surface area contributed by atoms with Crippen molar-refractivity contribution in [3.63, 3.8) is 0 Å². The Bertz CT molecular complexity index is 1470. The third-order valence-electron chi connectivity index (χ3n) is 8.30. The Hall–Kier alpha value is -3.89. The highest BCUT2D eigenvalue weighted by Gasteiger charge is 2.27. The topological polar surface area (TPSA) is 65.9 Å². The first kappa shape index (κ1) is 22.3. The number of benzene rings is 2. The SMILES string of the molecule is N#Cc1ccc(-c2cc3n(c2)Cc2cc(N4CCC(CN5CCCCC5)C4)ccc2-n2cnnc2-3)cc1. The molecule has 3 aliphatic rings. The first-order chi connectivity index (χ1) is 18.2. The Kier molecular flexibility index (Phi) is 5.55. The molecule has 5 heterocycles. The van der Waals surface area contributed by atoms with E-state index in [2.05, 4.69) is 65.7 Å².